The van der Waals surface area contributed by atoms with Crippen LogP contribution in [-0.2, 0) is 4.79 Å². The molecule has 0 aliphatic carbocycles. The van der Waals surface area contributed by atoms with Gasteiger partial charge in [0.1, 0.15) is 5.54 Å². The molecule has 2 atom stereocenters. The molecule has 1 heterocycles. The summed E-state index contributed by atoms with van der Waals surface area (Å²) in [6, 6.07) is 0.845. The number of terminal acetylenes is 1. The van der Waals surface area contributed by atoms with Gasteiger partial charge in [-0.25, -0.2) is 0 Å². The molecule has 1 amide bonds. The van der Waals surface area contributed by atoms with Crippen LogP contribution in [0, 0.1) is 12.3 Å². The van der Waals surface area contributed by atoms with Gasteiger partial charge in [-0.15, -0.1) is 6.42 Å². The summed E-state index contributed by atoms with van der Waals surface area (Å²) in [5, 5.41) is 6.48. The van der Waals surface area contributed by atoms with E-state index in [1.165, 1.54) is 0 Å². The molecule has 2 N–H and O–H groups in total. The van der Waals surface area contributed by atoms with E-state index in [0.29, 0.717) is 18.6 Å². The van der Waals surface area contributed by atoms with Gasteiger partial charge < -0.3 is 10.6 Å². The van der Waals surface area contributed by atoms with Gasteiger partial charge in [-0.2, -0.15) is 0 Å². The fourth-order valence-corrected chi connectivity index (χ4v) is 2.75. The Kier molecular flexibility index (Phi) is 5.84. The van der Waals surface area contributed by atoms with Crippen LogP contribution in [0.2, 0.25) is 0 Å². The van der Waals surface area contributed by atoms with E-state index < -0.39 is 5.54 Å². The number of carbonyl (C=O) groups excluding carboxylic acids is 1. The lowest BCUT2D eigenvalue weighted by Crippen LogP contribution is -2.57. The first kappa shape index (κ1) is 16.0. The molecule has 0 aromatic heterocycles. The Morgan fingerprint density at radius 3 is 2.32 bits per heavy atom. The number of rotatable bonds is 5. The van der Waals surface area contributed by atoms with E-state index in [0.717, 1.165) is 25.9 Å². The number of amides is 1. The smallest absolute Gasteiger partial charge is 0.235 e. The fourth-order valence-electron chi connectivity index (χ4n) is 2.75. The maximum Gasteiger partial charge on any atom is 0.235 e. The van der Waals surface area contributed by atoms with E-state index in [9.17, 15) is 4.79 Å². The Balaban J connectivity index is 2.53. The summed E-state index contributed by atoms with van der Waals surface area (Å²) < 4.78 is 0. The molecule has 1 saturated heterocycles. The molecule has 1 aliphatic rings. The molecular formula is C15H27N3O. The number of carbonyl (C=O) groups is 1. The highest BCUT2D eigenvalue weighted by Crippen LogP contribution is 2.13. The van der Waals surface area contributed by atoms with E-state index in [4.69, 9.17) is 6.42 Å². The van der Waals surface area contributed by atoms with Gasteiger partial charge in [0.15, 0.2) is 0 Å². The van der Waals surface area contributed by atoms with Crippen molar-refractivity contribution in [1.82, 2.24) is 15.5 Å². The van der Waals surface area contributed by atoms with Gasteiger partial charge in [0.25, 0.3) is 0 Å². The predicted molar refractivity (Wildman–Crippen MR) is 78.8 cm³/mol. The van der Waals surface area contributed by atoms with Crippen molar-refractivity contribution in [3.8, 4) is 12.3 Å². The highest BCUT2D eigenvalue weighted by Gasteiger charge is 2.28. The van der Waals surface area contributed by atoms with Crippen molar-refractivity contribution in [3.05, 3.63) is 0 Å². The average molecular weight is 265 g/mol. The van der Waals surface area contributed by atoms with Gasteiger partial charge in [-0.3, -0.25) is 9.69 Å². The van der Waals surface area contributed by atoms with Gasteiger partial charge in [-0.05, 0) is 26.7 Å². The second-order valence-electron chi connectivity index (χ2n) is 5.64. The molecule has 0 bridgehead atoms. The monoisotopic (exact) mass is 265 g/mol. The normalized spacial score (nSPS) is 24.8. The molecule has 0 aromatic carbocycles. The molecule has 0 spiro atoms. The largest absolute Gasteiger partial charge is 0.339 e. The van der Waals surface area contributed by atoms with Gasteiger partial charge >= 0.3 is 0 Å². The third-order valence-electron chi connectivity index (χ3n) is 3.86. The highest BCUT2D eigenvalue weighted by molar-refractivity contribution is 5.79. The molecule has 19 heavy (non-hydrogen) atoms. The van der Waals surface area contributed by atoms with Crippen molar-refractivity contribution in [3.63, 3.8) is 0 Å². The van der Waals surface area contributed by atoms with Crippen LogP contribution in [0.3, 0.4) is 0 Å². The average Bonchev–Trinajstić information content (AvgIpc) is 2.35. The maximum absolute atomic E-state index is 12.1. The van der Waals surface area contributed by atoms with E-state index in [1.54, 1.807) is 0 Å². The van der Waals surface area contributed by atoms with E-state index >= 15 is 0 Å². The molecule has 1 rings (SSSR count). The third kappa shape index (κ3) is 4.52. The summed E-state index contributed by atoms with van der Waals surface area (Å²) in [7, 11) is 0. The second kappa shape index (κ2) is 6.93. The number of nitrogens with zero attached hydrogens (tertiary/aromatic N) is 1. The molecule has 0 saturated carbocycles. The maximum atomic E-state index is 12.1. The van der Waals surface area contributed by atoms with E-state index in [-0.39, 0.29) is 5.91 Å². The SMILES string of the molecule is C#CC(CC)(CC)NC(=O)CN1CC(C)NC(C)C1. The fraction of sp³-hybridized carbons (Fsp3) is 0.800. The number of nitrogens with one attached hydrogen (secondary N) is 2. The Labute approximate surface area is 117 Å². The van der Waals surface area contributed by atoms with E-state index in [1.807, 2.05) is 13.8 Å². The molecule has 4 heteroatoms. The first-order valence-corrected chi connectivity index (χ1v) is 7.21. The zero-order valence-corrected chi connectivity index (χ0v) is 12.6. The van der Waals surface area contributed by atoms with Crippen molar-refractivity contribution in [2.45, 2.75) is 58.2 Å². The van der Waals surface area contributed by atoms with Crippen LogP contribution < -0.4 is 10.6 Å². The quantitative estimate of drug-likeness (QED) is 0.728. The Bertz CT molecular complexity index is 334. The van der Waals surface area contributed by atoms with Crippen LogP contribution in [0.1, 0.15) is 40.5 Å². The van der Waals surface area contributed by atoms with Gasteiger partial charge in [-0.1, -0.05) is 19.8 Å². The zero-order valence-electron chi connectivity index (χ0n) is 12.6. The first-order valence-electron chi connectivity index (χ1n) is 7.21. The van der Waals surface area contributed by atoms with Crippen molar-refractivity contribution < 1.29 is 4.79 Å². The van der Waals surface area contributed by atoms with Gasteiger partial charge in [0.2, 0.25) is 5.91 Å². The van der Waals surface area contributed by atoms with E-state index in [2.05, 4.69) is 35.3 Å². The molecule has 0 aromatic rings. The summed E-state index contributed by atoms with van der Waals surface area (Å²) in [4.78, 5) is 14.3. The second-order valence-corrected chi connectivity index (χ2v) is 5.64. The first-order chi connectivity index (χ1) is 8.94. The lowest BCUT2D eigenvalue weighted by Gasteiger charge is -2.36. The molecule has 2 unspecified atom stereocenters. The van der Waals surface area contributed by atoms with Crippen LogP contribution in [0.15, 0.2) is 0 Å². The number of hydrogen-bond donors (Lipinski definition) is 2. The predicted octanol–water partition coefficient (Wildman–Crippen LogP) is 0.977. The molecule has 0 radical (unpaired) electrons. The Morgan fingerprint density at radius 2 is 1.89 bits per heavy atom. The Morgan fingerprint density at radius 1 is 1.37 bits per heavy atom. The summed E-state index contributed by atoms with van der Waals surface area (Å²) in [5.41, 5.74) is -0.484. The minimum Gasteiger partial charge on any atom is -0.339 e. The summed E-state index contributed by atoms with van der Waals surface area (Å²) in [6.07, 6.45) is 7.09. The minimum atomic E-state index is -0.484. The van der Waals surface area contributed by atoms with Crippen molar-refractivity contribution in [1.29, 1.82) is 0 Å². The lowest BCUT2D eigenvalue weighted by atomic mass is 9.94. The standard InChI is InChI=1S/C15H27N3O/c1-6-15(7-2,8-3)17-14(19)11-18-9-12(4)16-13(5)10-18/h1,12-13,16H,7-11H2,2-5H3,(H,17,19). The van der Waals surface area contributed by atoms with Crippen molar-refractivity contribution >= 4 is 5.91 Å². The van der Waals surface area contributed by atoms with Crippen LogP contribution >= 0.6 is 0 Å². The van der Waals surface area contributed by atoms with Crippen LogP contribution in [0.25, 0.3) is 0 Å². The highest BCUT2D eigenvalue weighted by atomic mass is 16.2. The minimum absolute atomic E-state index is 0.0305. The number of hydrogen-bond acceptors (Lipinski definition) is 3. The molecule has 1 fully saturated rings. The van der Waals surface area contributed by atoms with Crippen LogP contribution in [0.5, 0.6) is 0 Å². The topological polar surface area (TPSA) is 44.4 Å². The molecular weight excluding hydrogens is 238 g/mol. The number of piperazine rings is 1. The lowest BCUT2D eigenvalue weighted by molar-refractivity contribution is -0.124. The summed E-state index contributed by atoms with van der Waals surface area (Å²) in [5.74, 6) is 2.77. The van der Waals surface area contributed by atoms with Crippen molar-refractivity contribution in [2.75, 3.05) is 19.6 Å². The zero-order chi connectivity index (χ0) is 14.5. The molecule has 1 aliphatic heterocycles. The summed E-state index contributed by atoms with van der Waals surface area (Å²) >= 11 is 0. The molecule has 108 valence electrons. The molecule has 4 nitrogen and oxygen atoms in total. The van der Waals surface area contributed by atoms with Crippen molar-refractivity contribution in [2.24, 2.45) is 0 Å². The van der Waals surface area contributed by atoms with Crippen LogP contribution in [-0.4, -0.2) is 48.1 Å². The third-order valence-corrected chi connectivity index (χ3v) is 3.86. The Hall–Kier alpha value is -1.05. The summed E-state index contributed by atoms with van der Waals surface area (Å²) in [6.45, 7) is 10.5. The van der Waals surface area contributed by atoms with Gasteiger partial charge in [0.05, 0.1) is 6.54 Å². The van der Waals surface area contributed by atoms with Gasteiger partial charge in [0, 0.05) is 25.2 Å². The van der Waals surface area contributed by atoms with Crippen LogP contribution in [0.4, 0.5) is 0 Å².